The number of fused-ring (bicyclic) bond motifs is 2. The number of hydrogen-bond donors (Lipinski definition) is 1. The minimum Gasteiger partial charge on any atom is -0.461 e. The van der Waals surface area contributed by atoms with E-state index in [1.165, 1.54) is 0 Å². The van der Waals surface area contributed by atoms with Crippen molar-refractivity contribution in [3.63, 3.8) is 0 Å². The molecule has 0 aliphatic heterocycles. The first kappa shape index (κ1) is 27.7. The number of ketones is 3. The fourth-order valence-corrected chi connectivity index (χ4v) is 5.34. The van der Waals surface area contributed by atoms with E-state index in [9.17, 15) is 19.2 Å². The molecule has 194 valence electrons. The lowest BCUT2D eigenvalue weighted by Crippen LogP contribution is -2.38. The van der Waals surface area contributed by atoms with Crippen LogP contribution in [0.3, 0.4) is 0 Å². The van der Waals surface area contributed by atoms with Crippen LogP contribution in [0.5, 0.6) is 0 Å². The molecule has 0 spiro atoms. The molecule has 0 saturated heterocycles. The van der Waals surface area contributed by atoms with Crippen LogP contribution in [0, 0.1) is 23.7 Å². The van der Waals surface area contributed by atoms with Crippen molar-refractivity contribution < 1.29 is 29.0 Å². The molecule has 0 amide bonds. The molecule has 3 rings (SSSR count). The number of rotatable bonds is 15. The number of carbonyl (C=O) groups excluding carboxylic acids is 4. The Morgan fingerprint density at radius 3 is 2.39 bits per heavy atom. The molecule has 36 heavy (non-hydrogen) atoms. The molecule has 2 aliphatic carbocycles. The summed E-state index contributed by atoms with van der Waals surface area (Å²) in [6.45, 7) is 0.501. The van der Waals surface area contributed by atoms with E-state index in [-0.39, 0.29) is 42.9 Å². The Labute approximate surface area is 213 Å². The standard InChI is InChI=1S/C30H38O6/c31-19-13-6-2-1-3-10-16-23-24(26-20-25(23)28(33)30(35)29(26)34)17-11-4-5-12-18-27(32)36-21-22-14-8-7-9-15-22/h4,7-11,14-16,23-26,31H,1-3,5-6,12-13,17-21H2/t23-,24-,25-,26-/m1/s1. The molecule has 0 aromatic heterocycles. The molecular weight excluding hydrogens is 456 g/mol. The number of ether oxygens (including phenoxy) is 1. The van der Waals surface area contributed by atoms with Gasteiger partial charge in [0, 0.05) is 24.9 Å². The van der Waals surface area contributed by atoms with Gasteiger partial charge < -0.3 is 9.84 Å². The fourth-order valence-electron chi connectivity index (χ4n) is 5.34. The Balaban J connectivity index is 1.45. The van der Waals surface area contributed by atoms with Gasteiger partial charge in [-0.05, 0) is 62.3 Å². The highest BCUT2D eigenvalue weighted by molar-refractivity contribution is 6.65. The van der Waals surface area contributed by atoms with E-state index >= 15 is 0 Å². The highest BCUT2D eigenvalue weighted by Gasteiger charge is 2.55. The number of allylic oxidation sites excluding steroid dienone is 4. The fraction of sp³-hybridized carbons (Fsp3) is 0.533. The number of benzene rings is 1. The molecular formula is C30H38O6. The predicted octanol–water partition coefficient (Wildman–Crippen LogP) is 4.93. The highest BCUT2D eigenvalue weighted by atomic mass is 16.5. The van der Waals surface area contributed by atoms with Crippen LogP contribution in [0.2, 0.25) is 0 Å². The van der Waals surface area contributed by atoms with Crippen LogP contribution in [-0.2, 0) is 30.5 Å². The first-order chi connectivity index (χ1) is 17.5. The third kappa shape index (κ3) is 7.82. The van der Waals surface area contributed by atoms with Crippen molar-refractivity contribution in [2.24, 2.45) is 23.7 Å². The first-order valence-corrected chi connectivity index (χ1v) is 13.3. The molecule has 2 saturated carbocycles. The SMILES string of the molecule is O=C(CCCC=CC[C@@H]1[C@@H](C=CCCCCCCO)[C@H]2C[C@H]1C(=O)C(=O)C2=O)OCc1ccccc1. The molecule has 1 N–H and O–H groups in total. The smallest absolute Gasteiger partial charge is 0.306 e. The van der Waals surface area contributed by atoms with Crippen LogP contribution in [0.1, 0.15) is 69.8 Å². The van der Waals surface area contributed by atoms with Crippen LogP contribution in [0.25, 0.3) is 0 Å². The lowest BCUT2D eigenvalue weighted by atomic mass is 9.83. The summed E-state index contributed by atoms with van der Waals surface area (Å²) >= 11 is 0. The van der Waals surface area contributed by atoms with Crippen molar-refractivity contribution in [2.45, 2.75) is 70.8 Å². The van der Waals surface area contributed by atoms with E-state index in [0.29, 0.717) is 25.7 Å². The summed E-state index contributed by atoms with van der Waals surface area (Å²) < 4.78 is 5.30. The quantitative estimate of drug-likeness (QED) is 0.161. The number of carbonyl (C=O) groups is 4. The summed E-state index contributed by atoms with van der Waals surface area (Å²) in [4.78, 5) is 49.1. The van der Waals surface area contributed by atoms with E-state index in [4.69, 9.17) is 9.84 Å². The van der Waals surface area contributed by atoms with Gasteiger partial charge in [-0.1, -0.05) is 67.5 Å². The minimum absolute atomic E-state index is 0.0457. The average Bonchev–Trinajstić information content (AvgIpc) is 3.23. The maximum absolute atomic E-state index is 12.5. The summed E-state index contributed by atoms with van der Waals surface area (Å²) in [5.74, 6) is -2.98. The zero-order chi connectivity index (χ0) is 25.8. The highest BCUT2D eigenvalue weighted by Crippen LogP contribution is 2.48. The summed E-state index contributed by atoms with van der Waals surface area (Å²) in [6, 6.07) is 9.57. The van der Waals surface area contributed by atoms with Crippen LogP contribution < -0.4 is 0 Å². The van der Waals surface area contributed by atoms with Gasteiger partial charge in [-0.3, -0.25) is 19.2 Å². The van der Waals surface area contributed by atoms with Crippen molar-refractivity contribution in [1.82, 2.24) is 0 Å². The largest absolute Gasteiger partial charge is 0.461 e. The van der Waals surface area contributed by atoms with Gasteiger partial charge in [0.15, 0.2) is 0 Å². The Kier molecular flexibility index (Phi) is 11.3. The summed E-state index contributed by atoms with van der Waals surface area (Å²) in [5, 5.41) is 8.87. The van der Waals surface area contributed by atoms with Gasteiger partial charge in [-0.15, -0.1) is 0 Å². The van der Waals surface area contributed by atoms with E-state index in [1.807, 2.05) is 42.5 Å². The second-order valence-electron chi connectivity index (χ2n) is 9.85. The third-order valence-electron chi connectivity index (χ3n) is 7.31. The van der Waals surface area contributed by atoms with Crippen molar-refractivity contribution in [3.05, 3.63) is 60.2 Å². The second-order valence-corrected chi connectivity index (χ2v) is 9.85. The van der Waals surface area contributed by atoms with E-state index in [0.717, 1.165) is 44.1 Å². The number of aliphatic hydroxyl groups is 1. The van der Waals surface area contributed by atoms with Crippen molar-refractivity contribution >= 4 is 23.3 Å². The second kappa shape index (κ2) is 14.6. The Bertz CT molecular complexity index is 947. The van der Waals surface area contributed by atoms with Crippen LogP contribution in [-0.4, -0.2) is 35.0 Å². The third-order valence-corrected chi connectivity index (χ3v) is 7.31. The molecule has 0 heterocycles. The molecule has 4 atom stereocenters. The molecule has 1 aromatic rings. The number of hydrogen-bond acceptors (Lipinski definition) is 6. The average molecular weight is 495 g/mol. The number of unbranched alkanes of at least 4 members (excludes halogenated alkanes) is 5. The first-order valence-electron chi connectivity index (χ1n) is 13.3. The van der Waals surface area contributed by atoms with Crippen molar-refractivity contribution in [1.29, 1.82) is 0 Å². The maximum atomic E-state index is 12.5. The summed E-state index contributed by atoms with van der Waals surface area (Å²) in [7, 11) is 0. The summed E-state index contributed by atoms with van der Waals surface area (Å²) in [6.07, 6.45) is 15.8. The Morgan fingerprint density at radius 2 is 1.61 bits per heavy atom. The maximum Gasteiger partial charge on any atom is 0.306 e. The van der Waals surface area contributed by atoms with Gasteiger partial charge in [0.05, 0.1) is 0 Å². The Hall–Kier alpha value is -2.86. The van der Waals surface area contributed by atoms with Gasteiger partial charge >= 0.3 is 5.97 Å². The summed E-state index contributed by atoms with van der Waals surface area (Å²) in [5.41, 5.74) is 0.962. The van der Waals surface area contributed by atoms with Gasteiger partial charge in [0.2, 0.25) is 11.6 Å². The molecule has 6 heteroatoms. The van der Waals surface area contributed by atoms with Gasteiger partial charge in [-0.2, -0.15) is 0 Å². The van der Waals surface area contributed by atoms with Gasteiger partial charge in [-0.25, -0.2) is 0 Å². The van der Waals surface area contributed by atoms with Crippen LogP contribution in [0.4, 0.5) is 0 Å². The molecule has 1 aromatic carbocycles. The normalized spacial score (nSPS) is 23.8. The number of Topliss-reactive ketones (excluding diaryl/α,β-unsaturated/α-hetero) is 3. The predicted molar refractivity (Wildman–Crippen MR) is 137 cm³/mol. The molecule has 2 bridgehead atoms. The van der Waals surface area contributed by atoms with E-state index in [2.05, 4.69) is 12.2 Å². The van der Waals surface area contributed by atoms with Gasteiger partial charge in [0.25, 0.3) is 5.78 Å². The Morgan fingerprint density at radius 1 is 0.889 bits per heavy atom. The van der Waals surface area contributed by atoms with E-state index < -0.39 is 17.3 Å². The zero-order valence-corrected chi connectivity index (χ0v) is 21.0. The minimum atomic E-state index is -0.820. The zero-order valence-electron chi connectivity index (χ0n) is 21.0. The van der Waals surface area contributed by atoms with Crippen LogP contribution >= 0.6 is 0 Å². The molecule has 2 aliphatic rings. The van der Waals surface area contributed by atoms with Gasteiger partial charge in [0.1, 0.15) is 6.61 Å². The van der Waals surface area contributed by atoms with E-state index in [1.54, 1.807) is 0 Å². The lowest BCUT2D eigenvalue weighted by molar-refractivity contribution is -0.149. The molecule has 6 nitrogen and oxygen atoms in total. The number of esters is 1. The monoisotopic (exact) mass is 494 g/mol. The topological polar surface area (TPSA) is 97.7 Å². The molecule has 2 fully saturated rings. The molecule has 0 radical (unpaired) electrons. The molecule has 0 unspecified atom stereocenters. The lowest BCUT2D eigenvalue weighted by Gasteiger charge is -2.19. The van der Waals surface area contributed by atoms with Crippen LogP contribution in [0.15, 0.2) is 54.6 Å². The van der Waals surface area contributed by atoms with Crippen molar-refractivity contribution in [2.75, 3.05) is 6.61 Å². The van der Waals surface area contributed by atoms with Crippen molar-refractivity contribution in [3.8, 4) is 0 Å². The number of aliphatic hydroxyl groups excluding tert-OH is 1.